The summed E-state index contributed by atoms with van der Waals surface area (Å²) in [5, 5.41) is 14.4. The first kappa shape index (κ1) is 26.6. The molecule has 0 aliphatic carbocycles. The van der Waals surface area contributed by atoms with Gasteiger partial charge in [-0.05, 0) is 122 Å². The predicted molar refractivity (Wildman–Crippen MR) is 144 cm³/mol. The molecule has 7 heteroatoms. The summed E-state index contributed by atoms with van der Waals surface area (Å²) in [6, 6.07) is 9.53. The number of carboxylic acids is 1. The van der Waals surface area contributed by atoms with Gasteiger partial charge in [-0.1, -0.05) is 0 Å². The van der Waals surface area contributed by atoms with Gasteiger partial charge in [0, 0.05) is 24.5 Å². The van der Waals surface area contributed by atoms with Crippen LogP contribution in [0.25, 0.3) is 10.9 Å². The molecule has 0 bridgehead atoms. The number of carbonyl (C=O) groups is 1. The molecule has 1 aliphatic rings. The third kappa shape index (κ3) is 7.26. The van der Waals surface area contributed by atoms with Crippen molar-refractivity contribution < 1.29 is 19.0 Å². The number of fused-ring (bicyclic) bond motifs is 1. The van der Waals surface area contributed by atoms with Gasteiger partial charge in [-0.15, -0.1) is 0 Å². The number of thiophene rings is 1. The van der Waals surface area contributed by atoms with Crippen LogP contribution in [0.3, 0.4) is 0 Å². The van der Waals surface area contributed by atoms with Crippen molar-refractivity contribution in [2.24, 2.45) is 11.8 Å². The average Bonchev–Trinajstić information content (AvgIpc) is 3.42. The number of likely N-dealkylation sites (tertiary alicyclic amines) is 1. The monoisotopic (exact) mass is 512 g/mol. The Labute approximate surface area is 217 Å². The number of rotatable bonds is 13. The molecule has 3 atom stereocenters. The van der Waals surface area contributed by atoms with Gasteiger partial charge in [-0.25, -0.2) is 4.39 Å². The maximum atomic E-state index is 15.5. The van der Waals surface area contributed by atoms with Crippen molar-refractivity contribution in [2.75, 3.05) is 26.7 Å². The maximum absolute atomic E-state index is 15.5. The number of carboxylic acid groups (broad SMARTS) is 1. The highest BCUT2D eigenvalue weighted by atomic mass is 32.1. The van der Waals surface area contributed by atoms with Crippen molar-refractivity contribution in [1.29, 1.82) is 0 Å². The van der Waals surface area contributed by atoms with Crippen LogP contribution in [0.1, 0.15) is 62.2 Å². The summed E-state index contributed by atoms with van der Waals surface area (Å²) in [6.45, 7) is 2.98. The van der Waals surface area contributed by atoms with Crippen molar-refractivity contribution >= 4 is 28.2 Å². The largest absolute Gasteiger partial charge is 0.497 e. The summed E-state index contributed by atoms with van der Waals surface area (Å²) in [7, 11) is 1.61. The maximum Gasteiger partial charge on any atom is 0.303 e. The van der Waals surface area contributed by atoms with Crippen LogP contribution in [0.2, 0.25) is 0 Å². The number of aryl methyl sites for hydroxylation is 1. The third-order valence-corrected chi connectivity index (χ3v) is 8.32. The number of halogens is 1. The minimum Gasteiger partial charge on any atom is -0.497 e. The molecule has 5 nitrogen and oxygen atoms in total. The Bertz CT molecular complexity index is 1110. The fourth-order valence-electron chi connectivity index (χ4n) is 5.54. The highest BCUT2D eigenvalue weighted by Crippen LogP contribution is 2.36. The smallest absolute Gasteiger partial charge is 0.303 e. The van der Waals surface area contributed by atoms with Crippen LogP contribution in [0, 0.1) is 11.8 Å². The van der Waals surface area contributed by atoms with Crippen LogP contribution in [0.5, 0.6) is 5.75 Å². The van der Waals surface area contributed by atoms with Gasteiger partial charge in [0.1, 0.15) is 11.9 Å². The Morgan fingerprint density at radius 1 is 1.25 bits per heavy atom. The molecule has 1 unspecified atom stereocenters. The first-order valence-corrected chi connectivity index (χ1v) is 14.0. The van der Waals surface area contributed by atoms with E-state index < -0.39 is 12.1 Å². The van der Waals surface area contributed by atoms with E-state index in [0.717, 1.165) is 56.2 Å². The molecule has 2 aromatic heterocycles. The Morgan fingerprint density at radius 2 is 2.14 bits per heavy atom. The van der Waals surface area contributed by atoms with Crippen LogP contribution in [-0.4, -0.2) is 47.7 Å². The van der Waals surface area contributed by atoms with Crippen molar-refractivity contribution in [2.45, 2.75) is 57.5 Å². The van der Waals surface area contributed by atoms with E-state index in [2.05, 4.69) is 26.7 Å². The number of benzene rings is 1. The average molecular weight is 513 g/mol. The van der Waals surface area contributed by atoms with Gasteiger partial charge in [0.15, 0.2) is 0 Å². The van der Waals surface area contributed by atoms with Crippen molar-refractivity contribution in [3.8, 4) is 5.75 Å². The second-order valence-corrected chi connectivity index (χ2v) is 10.7. The van der Waals surface area contributed by atoms with Gasteiger partial charge < -0.3 is 14.7 Å². The van der Waals surface area contributed by atoms with Crippen molar-refractivity contribution in [3.63, 3.8) is 0 Å². The molecule has 194 valence electrons. The Kier molecular flexibility index (Phi) is 9.70. The molecule has 0 saturated carbocycles. The SMILES string of the molecule is COc1ccc2nccc(C(F)CC[C@@H]3CCN(CCCCc4ccsc4)C[C@@H]3CCC(=O)O)c2c1. The number of piperidine rings is 1. The fraction of sp³-hybridized carbons (Fsp3) is 0.517. The number of aromatic nitrogens is 1. The lowest BCUT2D eigenvalue weighted by atomic mass is 9.79. The second-order valence-electron chi connectivity index (χ2n) is 9.96. The predicted octanol–water partition coefficient (Wildman–Crippen LogP) is 6.92. The molecule has 1 fully saturated rings. The number of alkyl halides is 1. The van der Waals surface area contributed by atoms with Gasteiger partial charge in [0.2, 0.25) is 0 Å². The second kappa shape index (κ2) is 13.2. The summed E-state index contributed by atoms with van der Waals surface area (Å²) < 4.78 is 20.9. The lowest BCUT2D eigenvalue weighted by Gasteiger charge is -2.39. The van der Waals surface area contributed by atoms with Gasteiger partial charge in [-0.2, -0.15) is 11.3 Å². The lowest BCUT2D eigenvalue weighted by Crippen LogP contribution is -2.41. The van der Waals surface area contributed by atoms with E-state index in [1.54, 1.807) is 30.7 Å². The zero-order valence-corrected chi connectivity index (χ0v) is 21.9. The van der Waals surface area contributed by atoms with E-state index >= 15 is 4.39 Å². The first-order chi connectivity index (χ1) is 17.5. The summed E-state index contributed by atoms with van der Waals surface area (Å²) in [4.78, 5) is 18.2. The number of nitrogens with zero attached hydrogens (tertiary/aromatic N) is 2. The molecular weight excluding hydrogens is 475 g/mol. The fourth-order valence-corrected chi connectivity index (χ4v) is 6.24. The Balaban J connectivity index is 1.33. The van der Waals surface area contributed by atoms with Gasteiger partial charge in [-0.3, -0.25) is 9.78 Å². The van der Waals surface area contributed by atoms with Gasteiger partial charge in [0.25, 0.3) is 0 Å². The number of ether oxygens (including phenoxy) is 1. The van der Waals surface area contributed by atoms with E-state index in [1.165, 1.54) is 12.0 Å². The normalized spacial score (nSPS) is 19.4. The van der Waals surface area contributed by atoms with E-state index in [-0.39, 0.29) is 6.42 Å². The van der Waals surface area contributed by atoms with Crippen LogP contribution < -0.4 is 4.74 Å². The first-order valence-electron chi connectivity index (χ1n) is 13.1. The minimum atomic E-state index is -1.09. The Morgan fingerprint density at radius 3 is 2.92 bits per heavy atom. The van der Waals surface area contributed by atoms with E-state index in [4.69, 9.17) is 4.74 Å². The van der Waals surface area contributed by atoms with Gasteiger partial charge in [0.05, 0.1) is 12.6 Å². The molecule has 0 amide bonds. The molecule has 3 heterocycles. The Hall–Kier alpha value is -2.51. The molecule has 1 N–H and O–H groups in total. The van der Waals surface area contributed by atoms with Gasteiger partial charge >= 0.3 is 5.97 Å². The number of unbranched alkanes of at least 4 members (excludes halogenated alkanes) is 1. The zero-order chi connectivity index (χ0) is 25.3. The highest BCUT2D eigenvalue weighted by Gasteiger charge is 2.30. The molecule has 0 spiro atoms. The van der Waals surface area contributed by atoms with Crippen LogP contribution in [0.4, 0.5) is 4.39 Å². The molecule has 1 saturated heterocycles. The minimum absolute atomic E-state index is 0.182. The molecule has 4 rings (SSSR count). The molecular formula is C29H37FN2O3S. The van der Waals surface area contributed by atoms with Crippen molar-refractivity contribution in [3.05, 3.63) is 58.4 Å². The van der Waals surface area contributed by atoms with E-state index in [9.17, 15) is 9.90 Å². The van der Waals surface area contributed by atoms with Crippen LogP contribution in [0.15, 0.2) is 47.3 Å². The molecule has 1 aromatic carbocycles. The van der Waals surface area contributed by atoms with E-state index in [1.807, 2.05) is 18.2 Å². The zero-order valence-electron chi connectivity index (χ0n) is 21.1. The highest BCUT2D eigenvalue weighted by molar-refractivity contribution is 7.07. The summed E-state index contributed by atoms with van der Waals surface area (Å²) in [5.41, 5.74) is 2.84. The third-order valence-electron chi connectivity index (χ3n) is 7.59. The van der Waals surface area contributed by atoms with Crippen LogP contribution in [-0.2, 0) is 11.2 Å². The summed E-state index contributed by atoms with van der Waals surface area (Å²) >= 11 is 1.75. The number of hydrogen-bond acceptors (Lipinski definition) is 5. The number of methoxy groups -OCH3 is 1. The molecule has 0 radical (unpaired) electrons. The summed E-state index contributed by atoms with van der Waals surface area (Å²) in [6.07, 6.45) is 7.08. The number of pyridine rings is 1. The van der Waals surface area contributed by atoms with Crippen molar-refractivity contribution in [1.82, 2.24) is 9.88 Å². The van der Waals surface area contributed by atoms with E-state index in [0.29, 0.717) is 36.0 Å². The molecule has 36 heavy (non-hydrogen) atoms. The topological polar surface area (TPSA) is 62.7 Å². The number of aliphatic carboxylic acids is 1. The molecule has 3 aromatic rings. The van der Waals surface area contributed by atoms with Crippen LogP contribution >= 0.6 is 11.3 Å². The quantitative estimate of drug-likeness (QED) is 0.252. The lowest BCUT2D eigenvalue weighted by molar-refractivity contribution is -0.137. The molecule has 1 aliphatic heterocycles. The number of hydrogen-bond donors (Lipinski definition) is 1. The summed E-state index contributed by atoms with van der Waals surface area (Å²) in [5.74, 6) is 0.600. The standard InChI is InChI=1S/C29H37FN2O3S/c1-35-24-7-9-28-26(18-24)25(11-14-31-28)27(30)8-5-22-12-16-32(19-23(22)6-10-29(33)34)15-3-2-4-21-13-17-36-20-21/h7,9,11,13-14,17-18,20,22-23,27H,2-6,8,10,12,15-16,19H2,1H3,(H,33,34)/t22-,23+,27?/m1/s1.